The van der Waals surface area contributed by atoms with Gasteiger partial charge in [-0.2, -0.15) is 0 Å². The molecular weight excluding hydrogens is 310 g/mol. The summed E-state index contributed by atoms with van der Waals surface area (Å²) in [5, 5.41) is 3.16. The fourth-order valence-electron chi connectivity index (χ4n) is 3.37. The summed E-state index contributed by atoms with van der Waals surface area (Å²) in [5.74, 6) is 0.0687. The molecule has 1 N–H and O–H groups in total. The second-order valence-electron chi connectivity index (χ2n) is 6.97. The number of nitrogens with zero attached hydrogens (tertiary/aromatic N) is 2. The second kappa shape index (κ2) is 8.26. The molecule has 1 unspecified atom stereocenters. The van der Waals surface area contributed by atoms with E-state index in [-0.39, 0.29) is 11.9 Å². The molecule has 1 aromatic heterocycles. The third-order valence-electron chi connectivity index (χ3n) is 4.76. The Morgan fingerprint density at radius 1 is 1.28 bits per heavy atom. The molecule has 3 rings (SSSR count). The van der Waals surface area contributed by atoms with Crippen molar-refractivity contribution in [2.24, 2.45) is 0 Å². The molecule has 1 fully saturated rings. The maximum Gasteiger partial charge on any atom is 0.226 e. The van der Waals surface area contributed by atoms with Gasteiger partial charge in [0.2, 0.25) is 5.91 Å². The molecule has 0 bridgehead atoms. The topological polar surface area (TPSA) is 45.2 Å². The van der Waals surface area contributed by atoms with Crippen molar-refractivity contribution in [3.05, 3.63) is 65.0 Å². The van der Waals surface area contributed by atoms with Crippen LogP contribution in [0.2, 0.25) is 0 Å². The number of pyridine rings is 1. The Morgan fingerprint density at radius 3 is 2.88 bits per heavy atom. The molecule has 4 heteroatoms. The minimum absolute atomic E-state index is 0.0687. The lowest BCUT2D eigenvalue weighted by Crippen LogP contribution is -2.37. The Balaban J connectivity index is 1.46. The van der Waals surface area contributed by atoms with Gasteiger partial charge in [0.05, 0.1) is 6.42 Å². The second-order valence-corrected chi connectivity index (χ2v) is 6.97. The SMILES string of the molecule is CCc1ccc(CC(=O)NC2CCN(Cc3cccc(C)c3)C2)nc1. The van der Waals surface area contributed by atoms with Gasteiger partial charge in [-0.25, -0.2) is 0 Å². The molecule has 4 nitrogen and oxygen atoms in total. The summed E-state index contributed by atoms with van der Waals surface area (Å²) in [4.78, 5) is 19.0. The maximum atomic E-state index is 12.3. The number of carbonyl (C=O) groups is 1. The third-order valence-corrected chi connectivity index (χ3v) is 4.76. The monoisotopic (exact) mass is 337 g/mol. The molecule has 1 aliphatic heterocycles. The maximum absolute atomic E-state index is 12.3. The summed E-state index contributed by atoms with van der Waals surface area (Å²) in [5.41, 5.74) is 4.67. The highest BCUT2D eigenvalue weighted by Gasteiger charge is 2.23. The lowest BCUT2D eigenvalue weighted by molar-refractivity contribution is -0.121. The first kappa shape index (κ1) is 17.6. The number of nitrogens with one attached hydrogen (secondary N) is 1. The average molecular weight is 337 g/mol. The summed E-state index contributed by atoms with van der Waals surface area (Å²) >= 11 is 0. The molecule has 2 aromatic rings. The zero-order valence-corrected chi connectivity index (χ0v) is 15.2. The minimum Gasteiger partial charge on any atom is -0.352 e. The normalized spacial score (nSPS) is 17.6. The van der Waals surface area contributed by atoms with Crippen molar-refractivity contribution >= 4 is 5.91 Å². The van der Waals surface area contributed by atoms with Crippen LogP contribution in [0.3, 0.4) is 0 Å². The van der Waals surface area contributed by atoms with Gasteiger partial charge in [-0.3, -0.25) is 14.7 Å². The number of amides is 1. The van der Waals surface area contributed by atoms with Crippen molar-refractivity contribution in [1.82, 2.24) is 15.2 Å². The number of carbonyl (C=O) groups excluding carboxylic acids is 1. The molecule has 25 heavy (non-hydrogen) atoms. The predicted octanol–water partition coefficient (Wildman–Crippen LogP) is 2.89. The van der Waals surface area contributed by atoms with Gasteiger partial charge in [0.25, 0.3) is 0 Å². The molecule has 0 radical (unpaired) electrons. The van der Waals surface area contributed by atoms with E-state index in [1.165, 1.54) is 16.7 Å². The van der Waals surface area contributed by atoms with Crippen LogP contribution < -0.4 is 5.32 Å². The van der Waals surface area contributed by atoms with Crippen molar-refractivity contribution in [3.8, 4) is 0 Å². The quantitative estimate of drug-likeness (QED) is 0.881. The van der Waals surface area contributed by atoms with Gasteiger partial charge in [-0.1, -0.05) is 42.8 Å². The average Bonchev–Trinajstić information content (AvgIpc) is 3.02. The number of aromatic nitrogens is 1. The van der Waals surface area contributed by atoms with E-state index in [1.807, 2.05) is 12.3 Å². The molecule has 1 saturated heterocycles. The van der Waals surface area contributed by atoms with Crippen LogP contribution in [-0.2, 0) is 24.2 Å². The zero-order valence-electron chi connectivity index (χ0n) is 15.2. The van der Waals surface area contributed by atoms with Crippen molar-refractivity contribution < 1.29 is 4.79 Å². The number of likely N-dealkylation sites (tertiary alicyclic amines) is 1. The van der Waals surface area contributed by atoms with E-state index >= 15 is 0 Å². The summed E-state index contributed by atoms with van der Waals surface area (Å²) in [7, 11) is 0. The summed E-state index contributed by atoms with van der Waals surface area (Å²) < 4.78 is 0. The van der Waals surface area contributed by atoms with Crippen molar-refractivity contribution in [1.29, 1.82) is 0 Å². The summed E-state index contributed by atoms with van der Waals surface area (Å²) in [6.45, 7) is 7.13. The number of aryl methyl sites for hydroxylation is 2. The van der Waals surface area contributed by atoms with Crippen LogP contribution in [0, 0.1) is 6.92 Å². The smallest absolute Gasteiger partial charge is 0.226 e. The molecule has 1 amide bonds. The van der Waals surface area contributed by atoms with Gasteiger partial charge in [0, 0.05) is 37.6 Å². The lowest BCUT2D eigenvalue weighted by atomic mass is 10.1. The number of benzene rings is 1. The first-order valence-electron chi connectivity index (χ1n) is 9.13. The van der Waals surface area contributed by atoms with E-state index in [9.17, 15) is 4.79 Å². The van der Waals surface area contributed by atoms with E-state index in [2.05, 4.69) is 59.4 Å². The first-order valence-corrected chi connectivity index (χ1v) is 9.13. The molecule has 0 spiro atoms. The van der Waals surface area contributed by atoms with Crippen molar-refractivity contribution in [2.75, 3.05) is 13.1 Å². The van der Waals surface area contributed by atoms with Crippen molar-refractivity contribution in [3.63, 3.8) is 0 Å². The minimum atomic E-state index is 0.0687. The Labute approximate surface area is 150 Å². The molecule has 0 aliphatic carbocycles. The highest BCUT2D eigenvalue weighted by Crippen LogP contribution is 2.14. The highest BCUT2D eigenvalue weighted by atomic mass is 16.1. The summed E-state index contributed by atoms with van der Waals surface area (Å²) in [6, 6.07) is 12.9. The molecule has 2 heterocycles. The van der Waals surface area contributed by atoms with Gasteiger partial charge >= 0.3 is 0 Å². The molecule has 1 aliphatic rings. The van der Waals surface area contributed by atoms with Gasteiger partial charge in [-0.15, -0.1) is 0 Å². The van der Waals surface area contributed by atoms with Crippen LogP contribution in [0.1, 0.15) is 35.7 Å². The van der Waals surface area contributed by atoms with Gasteiger partial charge in [0.15, 0.2) is 0 Å². The van der Waals surface area contributed by atoms with E-state index in [0.717, 1.165) is 38.2 Å². The third kappa shape index (κ3) is 5.13. The largest absolute Gasteiger partial charge is 0.352 e. The Bertz CT molecular complexity index is 711. The molecule has 1 aromatic carbocycles. The van der Waals surface area contributed by atoms with E-state index in [4.69, 9.17) is 0 Å². The van der Waals surface area contributed by atoms with Crippen molar-refractivity contribution in [2.45, 2.75) is 45.7 Å². The van der Waals surface area contributed by atoms with Crippen LogP contribution >= 0.6 is 0 Å². The molecule has 132 valence electrons. The van der Waals surface area contributed by atoms with Crippen LogP contribution in [0.4, 0.5) is 0 Å². The fourth-order valence-corrected chi connectivity index (χ4v) is 3.37. The number of rotatable bonds is 6. The van der Waals surface area contributed by atoms with Gasteiger partial charge in [-0.05, 0) is 37.0 Å². The molecule has 1 atom stereocenters. The van der Waals surface area contributed by atoms with E-state index in [1.54, 1.807) is 0 Å². The standard InChI is InChI=1S/C21H27N3O/c1-3-17-7-8-19(22-13-17)12-21(25)23-20-9-10-24(15-20)14-18-6-4-5-16(2)11-18/h4-8,11,13,20H,3,9-10,12,14-15H2,1-2H3,(H,23,25). The lowest BCUT2D eigenvalue weighted by Gasteiger charge is -2.17. The Kier molecular flexibility index (Phi) is 5.82. The van der Waals surface area contributed by atoms with Gasteiger partial charge in [0.1, 0.15) is 0 Å². The van der Waals surface area contributed by atoms with Crippen LogP contribution in [0.25, 0.3) is 0 Å². The van der Waals surface area contributed by atoms with Crippen LogP contribution in [0.15, 0.2) is 42.6 Å². The summed E-state index contributed by atoms with van der Waals surface area (Å²) in [6.07, 6.45) is 4.21. The predicted molar refractivity (Wildman–Crippen MR) is 100 cm³/mol. The number of hydrogen-bond acceptors (Lipinski definition) is 3. The van der Waals surface area contributed by atoms with Crippen LogP contribution in [0.5, 0.6) is 0 Å². The first-order chi connectivity index (χ1) is 12.1. The van der Waals surface area contributed by atoms with E-state index in [0.29, 0.717) is 6.42 Å². The highest BCUT2D eigenvalue weighted by molar-refractivity contribution is 5.78. The van der Waals surface area contributed by atoms with Gasteiger partial charge < -0.3 is 5.32 Å². The Hall–Kier alpha value is -2.20. The molecule has 0 saturated carbocycles. The fraction of sp³-hybridized carbons (Fsp3) is 0.429. The number of hydrogen-bond donors (Lipinski definition) is 1. The van der Waals surface area contributed by atoms with Crippen LogP contribution in [-0.4, -0.2) is 34.9 Å². The molecular formula is C21H27N3O. The van der Waals surface area contributed by atoms with E-state index < -0.39 is 0 Å². The zero-order chi connectivity index (χ0) is 17.6. The Morgan fingerprint density at radius 2 is 2.16 bits per heavy atom.